The Morgan fingerprint density at radius 1 is 1.26 bits per heavy atom. The minimum atomic E-state index is -0.256. The number of nitrogens with one attached hydrogen (secondary N) is 1. The Morgan fingerprint density at radius 3 is 2.68 bits per heavy atom. The Kier molecular flexibility index (Phi) is 3.50. The van der Waals surface area contributed by atoms with Crippen LogP contribution in [0.1, 0.15) is 67.5 Å². The van der Waals surface area contributed by atoms with Crippen LogP contribution in [0.25, 0.3) is 0 Å². The van der Waals surface area contributed by atoms with Crippen LogP contribution in [0.15, 0.2) is 4.52 Å². The number of aromatic nitrogens is 2. The largest absolute Gasteiger partial charge is 0.346 e. The number of rotatable bonds is 4. The molecule has 6 nitrogen and oxygen atoms in total. The summed E-state index contributed by atoms with van der Waals surface area (Å²) < 4.78 is 5.16. The number of nitrogens with zero attached hydrogens (tertiary/aromatic N) is 2. The minimum absolute atomic E-state index is 0.105. The van der Waals surface area contributed by atoms with Crippen LogP contribution in [0.4, 0.5) is 0 Å². The van der Waals surface area contributed by atoms with E-state index in [1.807, 2.05) is 0 Å². The summed E-state index contributed by atoms with van der Waals surface area (Å²) in [5.41, 5.74) is 6.17. The van der Waals surface area contributed by atoms with Crippen molar-refractivity contribution in [2.75, 3.05) is 0 Å². The molecule has 2 aliphatic carbocycles. The summed E-state index contributed by atoms with van der Waals surface area (Å²) in [6, 6.07) is 0.0525. The van der Waals surface area contributed by atoms with Crippen LogP contribution >= 0.6 is 0 Å². The van der Waals surface area contributed by atoms with E-state index in [0.717, 1.165) is 25.7 Å². The van der Waals surface area contributed by atoms with Crippen molar-refractivity contribution in [3.05, 3.63) is 11.7 Å². The molecular formula is C13H20N4O2. The van der Waals surface area contributed by atoms with Gasteiger partial charge in [0.15, 0.2) is 0 Å². The molecule has 3 rings (SSSR count). The van der Waals surface area contributed by atoms with Gasteiger partial charge in [0, 0.05) is 6.04 Å². The highest BCUT2D eigenvalue weighted by Crippen LogP contribution is 2.32. The van der Waals surface area contributed by atoms with Crippen molar-refractivity contribution in [2.45, 2.75) is 57.0 Å². The van der Waals surface area contributed by atoms with Gasteiger partial charge in [0.05, 0.1) is 6.04 Å². The van der Waals surface area contributed by atoms with E-state index in [9.17, 15) is 4.79 Å². The third kappa shape index (κ3) is 2.94. The highest BCUT2D eigenvalue weighted by atomic mass is 16.5. The molecule has 1 amide bonds. The topological polar surface area (TPSA) is 94.0 Å². The predicted molar refractivity (Wildman–Crippen MR) is 68.3 cm³/mol. The van der Waals surface area contributed by atoms with Crippen LogP contribution < -0.4 is 11.1 Å². The normalized spacial score (nSPS) is 22.2. The molecule has 2 aliphatic rings. The monoisotopic (exact) mass is 264 g/mol. The molecule has 3 N–H and O–H groups in total. The molecule has 1 unspecified atom stereocenters. The van der Waals surface area contributed by atoms with Crippen LogP contribution in [0.3, 0.4) is 0 Å². The number of nitrogens with two attached hydrogens (primary N) is 1. The summed E-state index contributed by atoms with van der Waals surface area (Å²) in [5, 5.41) is 6.57. The Labute approximate surface area is 112 Å². The highest BCUT2D eigenvalue weighted by molar-refractivity contribution is 5.90. The molecule has 2 fully saturated rings. The quantitative estimate of drug-likeness (QED) is 0.860. The minimum Gasteiger partial charge on any atom is -0.346 e. The number of carbonyl (C=O) groups is 1. The van der Waals surface area contributed by atoms with Gasteiger partial charge in [-0.3, -0.25) is 4.79 Å². The Bertz CT molecular complexity index is 449. The van der Waals surface area contributed by atoms with E-state index < -0.39 is 0 Å². The molecule has 6 heteroatoms. The second-order valence-electron chi connectivity index (χ2n) is 5.63. The lowest BCUT2D eigenvalue weighted by atomic mass is 9.84. The molecular weight excluding hydrogens is 244 g/mol. The second kappa shape index (κ2) is 5.28. The fraction of sp³-hybridized carbons (Fsp3) is 0.769. The number of hydrogen-bond donors (Lipinski definition) is 2. The first-order valence-corrected chi connectivity index (χ1v) is 7.14. The van der Waals surface area contributed by atoms with Gasteiger partial charge in [-0.15, -0.1) is 0 Å². The maximum Gasteiger partial charge on any atom is 0.292 e. The molecule has 2 saturated carbocycles. The molecule has 1 heterocycles. The number of amides is 1. The maximum atomic E-state index is 11.8. The van der Waals surface area contributed by atoms with Crippen molar-refractivity contribution >= 4 is 5.91 Å². The molecule has 1 atom stereocenters. The molecule has 0 aliphatic heterocycles. The number of carbonyl (C=O) groups excluding carboxylic acids is 1. The molecule has 0 saturated heterocycles. The summed E-state index contributed by atoms with van der Waals surface area (Å²) in [4.78, 5) is 15.9. The Morgan fingerprint density at radius 2 is 2.00 bits per heavy atom. The van der Waals surface area contributed by atoms with Crippen LogP contribution in [-0.2, 0) is 0 Å². The van der Waals surface area contributed by atoms with Gasteiger partial charge < -0.3 is 15.6 Å². The molecule has 104 valence electrons. The summed E-state index contributed by atoms with van der Waals surface area (Å²) >= 11 is 0. The van der Waals surface area contributed by atoms with Gasteiger partial charge in [-0.25, -0.2) is 0 Å². The van der Waals surface area contributed by atoms with Crippen molar-refractivity contribution in [3.63, 3.8) is 0 Å². The number of hydrogen-bond acceptors (Lipinski definition) is 5. The predicted octanol–water partition coefficient (Wildman–Crippen LogP) is 1.54. The van der Waals surface area contributed by atoms with E-state index in [0.29, 0.717) is 17.9 Å². The van der Waals surface area contributed by atoms with Crippen molar-refractivity contribution in [2.24, 2.45) is 11.7 Å². The van der Waals surface area contributed by atoms with Crippen LogP contribution in [0.5, 0.6) is 0 Å². The van der Waals surface area contributed by atoms with Gasteiger partial charge in [0.2, 0.25) is 5.89 Å². The molecule has 1 aromatic rings. The van der Waals surface area contributed by atoms with Gasteiger partial charge in [-0.1, -0.05) is 24.4 Å². The molecule has 0 bridgehead atoms. The zero-order chi connectivity index (χ0) is 13.2. The van der Waals surface area contributed by atoms with Crippen LogP contribution in [-0.4, -0.2) is 22.1 Å². The third-order valence-corrected chi connectivity index (χ3v) is 4.00. The van der Waals surface area contributed by atoms with E-state index in [1.54, 1.807) is 0 Å². The SMILES string of the molecule is NC(c1nc(C(=O)NC2CC2)no1)C1CCCCC1. The fourth-order valence-electron chi connectivity index (χ4n) is 2.64. The molecule has 19 heavy (non-hydrogen) atoms. The summed E-state index contributed by atoms with van der Waals surface area (Å²) in [6.07, 6.45) is 7.99. The molecule has 0 radical (unpaired) electrons. The first kappa shape index (κ1) is 12.6. The first-order valence-electron chi connectivity index (χ1n) is 7.14. The molecule has 1 aromatic heterocycles. The fourth-order valence-corrected chi connectivity index (χ4v) is 2.64. The Balaban J connectivity index is 1.63. The lowest BCUT2D eigenvalue weighted by molar-refractivity contribution is 0.0937. The van der Waals surface area contributed by atoms with Gasteiger partial charge in [0.1, 0.15) is 0 Å². The third-order valence-electron chi connectivity index (χ3n) is 4.00. The maximum absolute atomic E-state index is 11.8. The Hall–Kier alpha value is -1.43. The highest BCUT2D eigenvalue weighted by Gasteiger charge is 2.29. The standard InChI is InChI=1S/C13H20N4O2/c14-10(8-4-2-1-3-5-8)13-16-11(17-19-13)12(18)15-9-6-7-9/h8-10H,1-7,14H2,(H,15,18). The van der Waals surface area contributed by atoms with Gasteiger partial charge in [-0.05, 0) is 31.6 Å². The second-order valence-corrected chi connectivity index (χ2v) is 5.63. The smallest absolute Gasteiger partial charge is 0.292 e. The first-order chi connectivity index (χ1) is 9.24. The van der Waals surface area contributed by atoms with Gasteiger partial charge >= 0.3 is 0 Å². The van der Waals surface area contributed by atoms with E-state index in [4.69, 9.17) is 10.3 Å². The lowest BCUT2D eigenvalue weighted by Gasteiger charge is -2.24. The zero-order valence-electron chi connectivity index (χ0n) is 11.0. The van der Waals surface area contributed by atoms with Crippen molar-refractivity contribution in [1.82, 2.24) is 15.5 Å². The average Bonchev–Trinajstić information content (AvgIpc) is 3.11. The van der Waals surface area contributed by atoms with Gasteiger partial charge in [-0.2, -0.15) is 4.98 Å². The lowest BCUT2D eigenvalue weighted by Crippen LogP contribution is -2.27. The molecule has 0 aromatic carbocycles. The summed E-state index contributed by atoms with van der Waals surface area (Å²) in [5.74, 6) is 0.642. The van der Waals surface area contributed by atoms with E-state index in [2.05, 4.69) is 15.5 Å². The summed E-state index contributed by atoms with van der Waals surface area (Å²) in [7, 11) is 0. The van der Waals surface area contributed by atoms with Crippen molar-refractivity contribution in [3.8, 4) is 0 Å². The average molecular weight is 264 g/mol. The molecule has 0 spiro atoms. The van der Waals surface area contributed by atoms with Gasteiger partial charge in [0.25, 0.3) is 11.7 Å². The van der Waals surface area contributed by atoms with E-state index in [-0.39, 0.29) is 17.8 Å². The van der Waals surface area contributed by atoms with Crippen LogP contribution in [0.2, 0.25) is 0 Å². The van der Waals surface area contributed by atoms with Crippen molar-refractivity contribution in [1.29, 1.82) is 0 Å². The van der Waals surface area contributed by atoms with E-state index >= 15 is 0 Å². The van der Waals surface area contributed by atoms with Crippen LogP contribution in [0, 0.1) is 5.92 Å². The summed E-state index contributed by atoms with van der Waals surface area (Å²) in [6.45, 7) is 0. The zero-order valence-corrected chi connectivity index (χ0v) is 11.0. The van der Waals surface area contributed by atoms with E-state index in [1.165, 1.54) is 19.3 Å². The van der Waals surface area contributed by atoms with Crippen molar-refractivity contribution < 1.29 is 9.32 Å².